The van der Waals surface area contributed by atoms with E-state index in [1.165, 1.54) is 5.56 Å². The van der Waals surface area contributed by atoms with Crippen LogP contribution in [0, 0.1) is 6.92 Å². The van der Waals surface area contributed by atoms with Crippen molar-refractivity contribution < 1.29 is 0 Å². The second kappa shape index (κ2) is 5.49. The van der Waals surface area contributed by atoms with Crippen molar-refractivity contribution in [1.82, 2.24) is 9.97 Å². The molecule has 0 radical (unpaired) electrons. The van der Waals surface area contributed by atoms with Gasteiger partial charge < -0.3 is 10.2 Å². The molecule has 0 saturated heterocycles. The van der Waals surface area contributed by atoms with Crippen LogP contribution in [0.15, 0.2) is 36.7 Å². The first kappa shape index (κ1) is 12.4. The minimum Gasteiger partial charge on any atom is -0.372 e. The number of hydrogen-bond acceptors (Lipinski definition) is 4. The van der Waals surface area contributed by atoms with E-state index in [4.69, 9.17) is 0 Å². The minimum absolute atomic E-state index is 0.776. The van der Waals surface area contributed by atoms with Gasteiger partial charge in [-0.1, -0.05) is 12.1 Å². The van der Waals surface area contributed by atoms with Gasteiger partial charge >= 0.3 is 0 Å². The molecule has 0 aliphatic rings. The standard InChI is InChI=1S/C14H18N4/c1-4-18(12-7-5-6-11(2)8-12)14-10-16-9-13(15-3)17-14/h5-10H,4H2,1-3H3,(H,15,17). The van der Waals surface area contributed by atoms with Crippen molar-refractivity contribution in [3.63, 3.8) is 0 Å². The van der Waals surface area contributed by atoms with Crippen LogP contribution in [0.4, 0.5) is 17.3 Å². The third-order valence-electron chi connectivity index (χ3n) is 2.78. The highest BCUT2D eigenvalue weighted by molar-refractivity contribution is 5.61. The summed E-state index contributed by atoms with van der Waals surface area (Å²) in [7, 11) is 1.84. The van der Waals surface area contributed by atoms with E-state index in [0.29, 0.717) is 0 Å². The van der Waals surface area contributed by atoms with Gasteiger partial charge in [-0.3, -0.25) is 4.98 Å². The summed E-state index contributed by atoms with van der Waals surface area (Å²) < 4.78 is 0. The van der Waals surface area contributed by atoms with E-state index in [0.717, 1.165) is 23.9 Å². The quantitative estimate of drug-likeness (QED) is 0.895. The summed E-state index contributed by atoms with van der Waals surface area (Å²) in [6.45, 7) is 5.05. The van der Waals surface area contributed by atoms with Gasteiger partial charge in [0.1, 0.15) is 5.82 Å². The lowest BCUT2D eigenvalue weighted by Crippen LogP contribution is -2.18. The summed E-state index contributed by atoms with van der Waals surface area (Å²) in [5, 5.41) is 3.01. The number of nitrogens with zero attached hydrogens (tertiary/aromatic N) is 3. The van der Waals surface area contributed by atoms with E-state index in [1.807, 2.05) is 7.05 Å². The van der Waals surface area contributed by atoms with Crippen molar-refractivity contribution in [2.24, 2.45) is 0 Å². The van der Waals surface area contributed by atoms with Gasteiger partial charge in [-0.15, -0.1) is 0 Å². The Morgan fingerprint density at radius 3 is 2.78 bits per heavy atom. The van der Waals surface area contributed by atoms with Gasteiger partial charge in [-0.25, -0.2) is 4.98 Å². The molecule has 18 heavy (non-hydrogen) atoms. The maximum atomic E-state index is 4.52. The maximum Gasteiger partial charge on any atom is 0.153 e. The summed E-state index contributed by atoms with van der Waals surface area (Å²) in [6, 6.07) is 8.39. The summed E-state index contributed by atoms with van der Waals surface area (Å²) in [5.41, 5.74) is 2.38. The maximum absolute atomic E-state index is 4.52. The highest BCUT2D eigenvalue weighted by Crippen LogP contribution is 2.24. The molecule has 0 aliphatic heterocycles. The van der Waals surface area contributed by atoms with Crippen LogP contribution in [-0.4, -0.2) is 23.6 Å². The Hall–Kier alpha value is -2.10. The summed E-state index contributed by atoms with van der Waals surface area (Å²) in [5.74, 6) is 1.63. The number of aromatic nitrogens is 2. The second-order valence-corrected chi connectivity index (χ2v) is 4.10. The van der Waals surface area contributed by atoms with Crippen LogP contribution in [-0.2, 0) is 0 Å². The SMILES string of the molecule is CCN(c1cccc(C)c1)c1cncc(NC)n1. The number of benzene rings is 1. The van der Waals surface area contributed by atoms with Crippen LogP contribution in [0.25, 0.3) is 0 Å². The number of aryl methyl sites for hydroxylation is 1. The van der Waals surface area contributed by atoms with Crippen molar-refractivity contribution in [1.29, 1.82) is 0 Å². The van der Waals surface area contributed by atoms with Gasteiger partial charge in [-0.2, -0.15) is 0 Å². The third kappa shape index (κ3) is 2.59. The lowest BCUT2D eigenvalue weighted by atomic mass is 10.2. The van der Waals surface area contributed by atoms with Crippen molar-refractivity contribution in [2.45, 2.75) is 13.8 Å². The van der Waals surface area contributed by atoms with Crippen LogP contribution in [0.5, 0.6) is 0 Å². The molecule has 1 N–H and O–H groups in total. The first-order valence-electron chi connectivity index (χ1n) is 6.08. The molecule has 4 nitrogen and oxygen atoms in total. The first-order valence-corrected chi connectivity index (χ1v) is 6.08. The molecule has 0 amide bonds. The number of anilines is 3. The minimum atomic E-state index is 0.776. The second-order valence-electron chi connectivity index (χ2n) is 4.10. The Kier molecular flexibility index (Phi) is 3.77. The molecule has 2 aromatic rings. The van der Waals surface area contributed by atoms with Crippen molar-refractivity contribution in [3.8, 4) is 0 Å². The van der Waals surface area contributed by atoms with E-state index in [9.17, 15) is 0 Å². The normalized spacial score (nSPS) is 10.2. The Morgan fingerprint density at radius 1 is 1.28 bits per heavy atom. The predicted octanol–water partition coefficient (Wildman–Crippen LogP) is 2.98. The van der Waals surface area contributed by atoms with Crippen LogP contribution in [0.2, 0.25) is 0 Å². The van der Waals surface area contributed by atoms with Crippen molar-refractivity contribution >= 4 is 17.3 Å². The Labute approximate surface area is 108 Å². The highest BCUT2D eigenvalue weighted by atomic mass is 15.2. The monoisotopic (exact) mass is 242 g/mol. The van der Waals surface area contributed by atoms with E-state index in [-0.39, 0.29) is 0 Å². The molecule has 1 aromatic carbocycles. The van der Waals surface area contributed by atoms with Gasteiger partial charge in [0.25, 0.3) is 0 Å². The zero-order chi connectivity index (χ0) is 13.0. The fourth-order valence-corrected chi connectivity index (χ4v) is 1.88. The number of hydrogen-bond donors (Lipinski definition) is 1. The first-order chi connectivity index (χ1) is 8.74. The molecule has 2 rings (SSSR count). The van der Waals surface area contributed by atoms with Gasteiger partial charge in [-0.05, 0) is 31.5 Å². The molecule has 94 valence electrons. The Balaban J connectivity index is 2.38. The topological polar surface area (TPSA) is 41.1 Å². The zero-order valence-electron chi connectivity index (χ0n) is 11.0. The largest absolute Gasteiger partial charge is 0.372 e. The van der Waals surface area contributed by atoms with Crippen molar-refractivity contribution in [2.75, 3.05) is 23.8 Å². The number of rotatable bonds is 4. The van der Waals surface area contributed by atoms with Crippen LogP contribution in [0.3, 0.4) is 0 Å². The Morgan fingerprint density at radius 2 is 2.11 bits per heavy atom. The van der Waals surface area contributed by atoms with Gasteiger partial charge in [0.2, 0.25) is 0 Å². The molecule has 0 atom stereocenters. The van der Waals surface area contributed by atoms with E-state index >= 15 is 0 Å². The fourth-order valence-electron chi connectivity index (χ4n) is 1.88. The van der Waals surface area contributed by atoms with E-state index < -0.39 is 0 Å². The molecule has 0 fully saturated rings. The average molecular weight is 242 g/mol. The third-order valence-corrected chi connectivity index (χ3v) is 2.78. The van der Waals surface area contributed by atoms with E-state index in [1.54, 1.807) is 12.4 Å². The molecule has 0 aliphatic carbocycles. The van der Waals surface area contributed by atoms with Gasteiger partial charge in [0.05, 0.1) is 12.4 Å². The molecule has 0 saturated carbocycles. The molecule has 0 bridgehead atoms. The summed E-state index contributed by atoms with van der Waals surface area (Å²) in [4.78, 5) is 10.9. The molecular weight excluding hydrogens is 224 g/mol. The lowest BCUT2D eigenvalue weighted by Gasteiger charge is -2.22. The van der Waals surface area contributed by atoms with Crippen LogP contribution >= 0.6 is 0 Å². The zero-order valence-corrected chi connectivity index (χ0v) is 11.0. The van der Waals surface area contributed by atoms with Crippen LogP contribution < -0.4 is 10.2 Å². The summed E-state index contributed by atoms with van der Waals surface area (Å²) in [6.07, 6.45) is 3.50. The predicted molar refractivity (Wildman–Crippen MR) is 75.4 cm³/mol. The van der Waals surface area contributed by atoms with Gasteiger partial charge in [0.15, 0.2) is 5.82 Å². The van der Waals surface area contributed by atoms with Gasteiger partial charge in [0, 0.05) is 19.3 Å². The molecule has 1 heterocycles. The molecule has 0 unspecified atom stereocenters. The summed E-state index contributed by atoms with van der Waals surface area (Å²) >= 11 is 0. The Bertz CT molecular complexity index is 525. The molecule has 0 spiro atoms. The van der Waals surface area contributed by atoms with Crippen LogP contribution in [0.1, 0.15) is 12.5 Å². The molecule has 1 aromatic heterocycles. The van der Waals surface area contributed by atoms with E-state index in [2.05, 4.69) is 58.3 Å². The van der Waals surface area contributed by atoms with Crippen molar-refractivity contribution in [3.05, 3.63) is 42.2 Å². The lowest BCUT2D eigenvalue weighted by molar-refractivity contribution is 0.975. The fraction of sp³-hybridized carbons (Fsp3) is 0.286. The molecule has 4 heteroatoms. The number of nitrogens with one attached hydrogen (secondary N) is 1. The smallest absolute Gasteiger partial charge is 0.153 e. The average Bonchev–Trinajstić information content (AvgIpc) is 2.40. The highest BCUT2D eigenvalue weighted by Gasteiger charge is 2.09. The molecular formula is C14H18N4.